The van der Waals surface area contributed by atoms with Crippen molar-refractivity contribution in [1.82, 2.24) is 9.80 Å². The summed E-state index contributed by atoms with van der Waals surface area (Å²) >= 11 is 0. The van der Waals surface area contributed by atoms with Crippen molar-refractivity contribution in [2.45, 2.75) is 25.8 Å². The highest BCUT2D eigenvalue weighted by molar-refractivity contribution is 5.82. The second-order valence-corrected chi connectivity index (χ2v) is 4.84. The number of unbranched alkanes of at least 4 members (excludes halogenated alkanes) is 1. The molecule has 0 bridgehead atoms. The molecule has 0 aromatic rings. The Labute approximate surface area is 120 Å². The Kier molecular flexibility index (Phi) is 7.32. The van der Waals surface area contributed by atoms with E-state index >= 15 is 0 Å². The molecular formula is C13H25N3O4. The molecule has 1 unspecified atom stereocenters. The Balaban J connectivity index is 2.32. The third-order valence-corrected chi connectivity index (χ3v) is 3.24. The molecule has 0 saturated carbocycles. The minimum absolute atomic E-state index is 0.133. The van der Waals surface area contributed by atoms with Gasteiger partial charge in [-0.05, 0) is 6.42 Å². The van der Waals surface area contributed by atoms with Crippen molar-refractivity contribution in [2.75, 3.05) is 46.5 Å². The van der Waals surface area contributed by atoms with Crippen LogP contribution in [0.1, 0.15) is 19.8 Å². The quantitative estimate of drug-likeness (QED) is 0.697. The van der Waals surface area contributed by atoms with E-state index in [4.69, 9.17) is 15.2 Å². The summed E-state index contributed by atoms with van der Waals surface area (Å²) in [7, 11) is 1.51. The molecule has 1 fully saturated rings. The molecule has 2 N–H and O–H groups in total. The van der Waals surface area contributed by atoms with Gasteiger partial charge in [-0.2, -0.15) is 0 Å². The van der Waals surface area contributed by atoms with Crippen molar-refractivity contribution in [1.29, 1.82) is 0 Å². The normalized spacial score (nSPS) is 16.9. The van der Waals surface area contributed by atoms with Crippen molar-refractivity contribution < 1.29 is 19.1 Å². The Morgan fingerprint density at radius 3 is 2.35 bits per heavy atom. The van der Waals surface area contributed by atoms with Gasteiger partial charge in [-0.15, -0.1) is 0 Å². The van der Waals surface area contributed by atoms with E-state index in [1.165, 1.54) is 7.11 Å². The van der Waals surface area contributed by atoms with Crippen LogP contribution in [0.2, 0.25) is 0 Å². The fourth-order valence-corrected chi connectivity index (χ4v) is 1.99. The highest BCUT2D eigenvalue weighted by Crippen LogP contribution is 2.06. The van der Waals surface area contributed by atoms with E-state index in [1.807, 2.05) is 6.92 Å². The van der Waals surface area contributed by atoms with Crippen LogP contribution in [-0.4, -0.2) is 74.3 Å². The van der Waals surface area contributed by atoms with Gasteiger partial charge in [0.2, 0.25) is 5.91 Å². The second kappa shape index (κ2) is 8.76. The Morgan fingerprint density at radius 2 is 1.80 bits per heavy atom. The van der Waals surface area contributed by atoms with Crippen LogP contribution in [0.3, 0.4) is 0 Å². The molecule has 0 aromatic heterocycles. The predicted octanol–water partition coefficient (Wildman–Crippen LogP) is 0.0410. The summed E-state index contributed by atoms with van der Waals surface area (Å²) in [6.07, 6.45) is 1.56. The van der Waals surface area contributed by atoms with E-state index in [0.29, 0.717) is 32.8 Å². The van der Waals surface area contributed by atoms with Gasteiger partial charge in [0.05, 0.1) is 13.2 Å². The van der Waals surface area contributed by atoms with Gasteiger partial charge in [0, 0.05) is 33.3 Å². The highest BCUT2D eigenvalue weighted by Gasteiger charge is 2.27. The zero-order valence-corrected chi connectivity index (χ0v) is 12.3. The van der Waals surface area contributed by atoms with Gasteiger partial charge in [-0.25, -0.2) is 4.79 Å². The summed E-state index contributed by atoms with van der Waals surface area (Å²) in [5, 5.41) is 0. The van der Waals surface area contributed by atoms with E-state index in [2.05, 4.69) is 0 Å². The standard InChI is InChI=1S/C13H25N3O4/c1-3-4-9-20-13(18)16-7-5-15(6-8-16)12(17)11(14)10-19-2/h11H,3-10,14H2,1-2H3. The lowest BCUT2D eigenvalue weighted by molar-refractivity contribution is -0.135. The van der Waals surface area contributed by atoms with E-state index < -0.39 is 6.04 Å². The third kappa shape index (κ3) is 4.97. The zero-order chi connectivity index (χ0) is 15.0. The number of nitrogens with two attached hydrogens (primary N) is 1. The highest BCUT2D eigenvalue weighted by atomic mass is 16.6. The molecule has 0 radical (unpaired) electrons. The van der Waals surface area contributed by atoms with E-state index in [0.717, 1.165) is 12.8 Å². The lowest BCUT2D eigenvalue weighted by Gasteiger charge is -2.35. The van der Waals surface area contributed by atoms with Gasteiger partial charge in [-0.1, -0.05) is 13.3 Å². The number of carbonyl (C=O) groups is 2. The Morgan fingerprint density at radius 1 is 1.20 bits per heavy atom. The number of hydrogen-bond acceptors (Lipinski definition) is 5. The molecule has 2 amide bonds. The number of piperazine rings is 1. The summed E-state index contributed by atoms with van der Waals surface area (Å²) in [6, 6.07) is -0.636. The van der Waals surface area contributed by atoms with Crippen molar-refractivity contribution in [2.24, 2.45) is 5.73 Å². The number of hydrogen-bond donors (Lipinski definition) is 1. The number of rotatable bonds is 6. The Hall–Kier alpha value is -1.34. The molecule has 7 heteroatoms. The van der Waals surface area contributed by atoms with Crippen LogP contribution in [0.25, 0.3) is 0 Å². The Bertz CT molecular complexity index is 317. The van der Waals surface area contributed by atoms with Gasteiger partial charge < -0.3 is 25.0 Å². The molecule has 0 spiro atoms. The minimum Gasteiger partial charge on any atom is -0.449 e. The maximum absolute atomic E-state index is 12.0. The number of amides is 2. The molecule has 1 aliphatic heterocycles. The number of nitrogens with zero attached hydrogens (tertiary/aromatic N) is 2. The number of ether oxygens (including phenoxy) is 2. The first-order chi connectivity index (χ1) is 9.60. The molecule has 20 heavy (non-hydrogen) atoms. The van der Waals surface area contributed by atoms with Gasteiger partial charge in [-0.3, -0.25) is 4.79 Å². The fraction of sp³-hybridized carbons (Fsp3) is 0.846. The van der Waals surface area contributed by atoms with Gasteiger partial charge in [0.15, 0.2) is 0 Å². The predicted molar refractivity (Wildman–Crippen MR) is 74.3 cm³/mol. The van der Waals surface area contributed by atoms with Crippen molar-refractivity contribution in [3.05, 3.63) is 0 Å². The summed E-state index contributed by atoms with van der Waals surface area (Å²) in [6.45, 7) is 4.64. The molecule has 0 aromatic carbocycles. The van der Waals surface area contributed by atoms with E-state index in [1.54, 1.807) is 9.80 Å². The summed E-state index contributed by atoms with van der Waals surface area (Å²) in [5.41, 5.74) is 5.71. The van der Waals surface area contributed by atoms with Crippen LogP contribution in [0.4, 0.5) is 4.79 Å². The summed E-state index contributed by atoms with van der Waals surface area (Å²) in [5.74, 6) is -0.133. The van der Waals surface area contributed by atoms with Crippen LogP contribution in [0.15, 0.2) is 0 Å². The van der Waals surface area contributed by atoms with Crippen LogP contribution in [0.5, 0.6) is 0 Å². The average Bonchev–Trinajstić information content (AvgIpc) is 2.47. The second-order valence-electron chi connectivity index (χ2n) is 4.84. The fourth-order valence-electron chi connectivity index (χ4n) is 1.99. The van der Waals surface area contributed by atoms with E-state index in [9.17, 15) is 9.59 Å². The molecule has 1 saturated heterocycles. The maximum Gasteiger partial charge on any atom is 0.409 e. The van der Waals surface area contributed by atoms with Crippen LogP contribution < -0.4 is 5.73 Å². The van der Waals surface area contributed by atoms with E-state index in [-0.39, 0.29) is 18.6 Å². The first-order valence-electron chi connectivity index (χ1n) is 7.05. The molecule has 116 valence electrons. The van der Waals surface area contributed by atoms with Crippen molar-refractivity contribution in [3.63, 3.8) is 0 Å². The first kappa shape index (κ1) is 16.7. The molecule has 0 aliphatic carbocycles. The molecule has 1 aliphatic rings. The zero-order valence-electron chi connectivity index (χ0n) is 12.3. The SMILES string of the molecule is CCCCOC(=O)N1CCN(C(=O)C(N)COC)CC1. The molecule has 1 atom stereocenters. The largest absolute Gasteiger partial charge is 0.449 e. The lowest BCUT2D eigenvalue weighted by atomic mass is 10.2. The van der Waals surface area contributed by atoms with Crippen LogP contribution in [0, 0.1) is 0 Å². The molecule has 1 rings (SSSR count). The number of methoxy groups -OCH3 is 1. The van der Waals surface area contributed by atoms with Gasteiger partial charge >= 0.3 is 6.09 Å². The molecule has 7 nitrogen and oxygen atoms in total. The minimum atomic E-state index is -0.636. The monoisotopic (exact) mass is 287 g/mol. The summed E-state index contributed by atoms with van der Waals surface area (Å²) in [4.78, 5) is 27.0. The summed E-state index contributed by atoms with van der Waals surface area (Å²) < 4.78 is 10.0. The van der Waals surface area contributed by atoms with Gasteiger partial charge in [0.25, 0.3) is 0 Å². The first-order valence-corrected chi connectivity index (χ1v) is 7.05. The van der Waals surface area contributed by atoms with Gasteiger partial charge in [0.1, 0.15) is 6.04 Å². The third-order valence-electron chi connectivity index (χ3n) is 3.24. The van der Waals surface area contributed by atoms with Crippen LogP contribution >= 0.6 is 0 Å². The topological polar surface area (TPSA) is 85.1 Å². The number of carbonyl (C=O) groups excluding carboxylic acids is 2. The van der Waals surface area contributed by atoms with Crippen LogP contribution in [-0.2, 0) is 14.3 Å². The lowest BCUT2D eigenvalue weighted by Crippen LogP contribution is -2.55. The average molecular weight is 287 g/mol. The molecule has 1 heterocycles. The molecular weight excluding hydrogens is 262 g/mol. The smallest absolute Gasteiger partial charge is 0.409 e. The van der Waals surface area contributed by atoms with Crippen molar-refractivity contribution >= 4 is 12.0 Å². The maximum atomic E-state index is 12.0. The van der Waals surface area contributed by atoms with Crippen molar-refractivity contribution in [3.8, 4) is 0 Å².